The van der Waals surface area contributed by atoms with Gasteiger partial charge in [-0.05, 0) is 26.6 Å². The fourth-order valence-electron chi connectivity index (χ4n) is 4.11. The summed E-state index contributed by atoms with van der Waals surface area (Å²) >= 11 is 0. The lowest BCUT2D eigenvalue weighted by atomic mass is 9.60. The van der Waals surface area contributed by atoms with Crippen molar-refractivity contribution in [3.05, 3.63) is 12.2 Å². The van der Waals surface area contributed by atoms with Crippen LogP contribution < -0.4 is 0 Å². The maximum absolute atomic E-state index is 11.6. The van der Waals surface area contributed by atoms with Crippen LogP contribution in [0.15, 0.2) is 12.2 Å². The normalized spacial score (nSPS) is 47.8. The molecule has 0 aromatic heterocycles. The molecule has 4 heteroatoms. The fraction of sp³-hybridized carbons (Fsp3) is 0.769. The predicted molar refractivity (Wildman–Crippen MR) is 66.9 cm³/mol. The third-order valence-electron chi connectivity index (χ3n) is 4.32. The molecule has 0 unspecified atom stereocenters. The Kier molecular flexibility index (Phi) is 2.05. The van der Waals surface area contributed by atoms with Crippen LogP contribution in [-0.4, -0.2) is 26.0 Å². The van der Waals surface area contributed by atoms with E-state index >= 15 is 0 Å². The zero-order valence-electron chi connectivity index (χ0n) is 10.9. The number of rotatable bonds is 2. The summed E-state index contributed by atoms with van der Waals surface area (Å²) < 4.78 is 11.8. The van der Waals surface area contributed by atoms with Crippen molar-refractivity contribution in [2.75, 3.05) is 0 Å². The first-order valence-electron chi connectivity index (χ1n) is 6.32. The molecule has 0 spiro atoms. The van der Waals surface area contributed by atoms with Crippen LogP contribution in [0.2, 0.25) is 19.6 Å². The second-order valence-electron chi connectivity index (χ2n) is 6.81. The Labute approximate surface area is 103 Å². The summed E-state index contributed by atoms with van der Waals surface area (Å²) in [6.07, 6.45) is 0.915. The Hall–Kier alpha value is -0.613. The van der Waals surface area contributed by atoms with Gasteiger partial charge in [-0.3, -0.25) is 4.79 Å². The summed E-state index contributed by atoms with van der Waals surface area (Å²) in [4.78, 5) is 11.6. The largest absolute Gasteiger partial charge is 0.461 e. The molecular weight excluding hydrogens is 232 g/mol. The lowest BCUT2D eigenvalue weighted by Gasteiger charge is -2.47. The average molecular weight is 252 g/mol. The van der Waals surface area contributed by atoms with Crippen molar-refractivity contribution in [3.8, 4) is 0 Å². The highest BCUT2D eigenvalue weighted by atomic mass is 28.4. The maximum atomic E-state index is 11.6. The van der Waals surface area contributed by atoms with Gasteiger partial charge >= 0.3 is 5.97 Å². The molecular formula is C13H20O3Si. The number of ether oxygens (including phenoxy) is 1. The zero-order valence-corrected chi connectivity index (χ0v) is 11.9. The van der Waals surface area contributed by atoms with Gasteiger partial charge in [0, 0.05) is 18.3 Å². The van der Waals surface area contributed by atoms with E-state index in [-0.39, 0.29) is 23.6 Å². The molecule has 2 aliphatic carbocycles. The predicted octanol–water partition coefficient (Wildman–Crippen LogP) is 2.34. The Morgan fingerprint density at radius 1 is 1.47 bits per heavy atom. The monoisotopic (exact) mass is 252 g/mol. The first-order valence-corrected chi connectivity index (χ1v) is 9.73. The van der Waals surface area contributed by atoms with Crippen molar-refractivity contribution in [3.63, 3.8) is 0 Å². The van der Waals surface area contributed by atoms with E-state index in [0.717, 1.165) is 12.0 Å². The second-order valence-corrected chi connectivity index (χ2v) is 11.2. The van der Waals surface area contributed by atoms with Gasteiger partial charge in [0.1, 0.15) is 6.10 Å². The van der Waals surface area contributed by atoms with E-state index < -0.39 is 8.32 Å². The first-order chi connectivity index (χ1) is 7.73. The smallest absolute Gasteiger partial charge is 0.313 e. The third-order valence-corrected chi connectivity index (χ3v) is 5.40. The van der Waals surface area contributed by atoms with Crippen molar-refractivity contribution in [1.82, 2.24) is 0 Å². The zero-order chi connectivity index (χ0) is 12.6. The quantitative estimate of drug-likeness (QED) is 0.430. The van der Waals surface area contributed by atoms with Crippen LogP contribution in [0, 0.1) is 17.8 Å². The molecule has 0 amide bonds. The SMILES string of the molecule is C=C1[C@H]2C(=O)O[C@H]3C[C@](C)(O[Si](C)(C)C)[C@@H]1[C@@H]23. The number of carbonyl (C=O) groups excluding carboxylic acids is 1. The van der Waals surface area contributed by atoms with Crippen molar-refractivity contribution in [1.29, 1.82) is 0 Å². The summed E-state index contributed by atoms with van der Waals surface area (Å²) in [5.74, 6) is 0.584. The van der Waals surface area contributed by atoms with E-state index in [1.807, 2.05) is 0 Å². The molecule has 3 nitrogen and oxygen atoms in total. The van der Waals surface area contributed by atoms with E-state index in [4.69, 9.17) is 9.16 Å². The summed E-state index contributed by atoms with van der Waals surface area (Å²) in [7, 11) is -1.59. The number of hydrogen-bond acceptors (Lipinski definition) is 3. The van der Waals surface area contributed by atoms with Gasteiger partial charge < -0.3 is 9.16 Å². The molecule has 0 aromatic carbocycles. The molecule has 3 fully saturated rings. The van der Waals surface area contributed by atoms with Crippen LogP contribution in [0.1, 0.15) is 13.3 Å². The lowest BCUT2D eigenvalue weighted by Crippen LogP contribution is -2.52. The molecule has 1 aliphatic heterocycles. The lowest BCUT2D eigenvalue weighted by molar-refractivity contribution is -0.146. The van der Waals surface area contributed by atoms with Gasteiger partial charge in [-0.15, -0.1) is 0 Å². The van der Waals surface area contributed by atoms with Gasteiger partial charge in [0.15, 0.2) is 8.32 Å². The van der Waals surface area contributed by atoms with Crippen LogP contribution in [0.25, 0.3) is 0 Å². The van der Waals surface area contributed by atoms with E-state index in [9.17, 15) is 4.79 Å². The highest BCUT2D eigenvalue weighted by Crippen LogP contribution is 2.64. The first kappa shape index (κ1) is 11.5. The third kappa shape index (κ3) is 1.40. The van der Waals surface area contributed by atoms with Crippen molar-refractivity contribution < 1.29 is 14.0 Å². The van der Waals surface area contributed by atoms with Gasteiger partial charge in [-0.1, -0.05) is 12.2 Å². The molecule has 1 heterocycles. The molecule has 0 radical (unpaired) electrons. The Morgan fingerprint density at radius 2 is 2.12 bits per heavy atom. The van der Waals surface area contributed by atoms with E-state index in [1.54, 1.807) is 0 Å². The van der Waals surface area contributed by atoms with Crippen molar-refractivity contribution >= 4 is 14.3 Å². The van der Waals surface area contributed by atoms with E-state index in [1.165, 1.54) is 0 Å². The Morgan fingerprint density at radius 3 is 2.71 bits per heavy atom. The molecule has 0 bridgehead atoms. The molecule has 2 saturated carbocycles. The number of hydrogen-bond donors (Lipinski definition) is 0. The maximum Gasteiger partial charge on any atom is 0.313 e. The molecule has 1 saturated heterocycles. The van der Waals surface area contributed by atoms with Gasteiger partial charge in [0.05, 0.1) is 11.5 Å². The standard InChI is InChI=1S/C13H20O3Si/c1-7-9-10-8(15-12(9)14)6-13(2,11(7)10)16-17(3,4)5/h8-11H,1,6H2,2-5H3/t8-,9+,10+,11-,13-/m0/s1. The Balaban J connectivity index is 1.89. The van der Waals surface area contributed by atoms with Crippen molar-refractivity contribution in [2.45, 2.75) is 44.7 Å². The van der Waals surface area contributed by atoms with Gasteiger partial charge in [-0.2, -0.15) is 0 Å². The summed E-state index contributed by atoms with van der Waals surface area (Å²) in [5, 5.41) is 0. The second kappa shape index (κ2) is 3.04. The van der Waals surface area contributed by atoms with Crippen molar-refractivity contribution in [2.24, 2.45) is 17.8 Å². The molecule has 0 N–H and O–H groups in total. The molecule has 17 heavy (non-hydrogen) atoms. The van der Waals surface area contributed by atoms with Crippen LogP contribution in [0.4, 0.5) is 0 Å². The topological polar surface area (TPSA) is 35.5 Å². The van der Waals surface area contributed by atoms with E-state index in [0.29, 0.717) is 11.8 Å². The molecule has 3 aliphatic rings. The molecule has 0 aromatic rings. The highest BCUT2D eigenvalue weighted by molar-refractivity contribution is 6.69. The van der Waals surface area contributed by atoms with Gasteiger partial charge in [0.25, 0.3) is 0 Å². The Bertz CT molecular complexity index is 411. The van der Waals surface area contributed by atoms with Crippen LogP contribution in [-0.2, 0) is 14.0 Å². The van der Waals surface area contributed by atoms with Crippen LogP contribution >= 0.6 is 0 Å². The summed E-state index contributed by atoms with van der Waals surface area (Å²) in [6, 6.07) is 0. The molecule has 3 rings (SSSR count). The minimum atomic E-state index is -1.59. The number of carbonyl (C=O) groups is 1. The average Bonchev–Trinajstić information content (AvgIpc) is 2.43. The summed E-state index contributed by atoms with van der Waals surface area (Å²) in [6.45, 7) is 12.9. The molecule has 5 atom stereocenters. The number of esters is 1. The van der Waals surface area contributed by atoms with Gasteiger partial charge in [0.2, 0.25) is 0 Å². The molecule has 94 valence electrons. The van der Waals surface area contributed by atoms with Gasteiger partial charge in [-0.25, -0.2) is 0 Å². The minimum absolute atomic E-state index is 0.0305. The summed E-state index contributed by atoms with van der Waals surface area (Å²) in [5.41, 5.74) is 0.884. The van der Waals surface area contributed by atoms with Crippen LogP contribution in [0.3, 0.4) is 0 Å². The fourth-order valence-corrected chi connectivity index (χ4v) is 5.72. The highest BCUT2D eigenvalue weighted by Gasteiger charge is 2.70. The minimum Gasteiger partial charge on any atom is -0.461 e. The van der Waals surface area contributed by atoms with Crippen LogP contribution in [0.5, 0.6) is 0 Å². The van der Waals surface area contributed by atoms with E-state index in [2.05, 4.69) is 33.1 Å².